The topological polar surface area (TPSA) is 98.8 Å². The third-order valence-electron chi connectivity index (χ3n) is 2.78. The second-order valence-electron chi connectivity index (χ2n) is 4.39. The Morgan fingerprint density at radius 1 is 0.905 bits per heavy atom. The Labute approximate surface area is 126 Å². The fourth-order valence-electron chi connectivity index (χ4n) is 1.54. The lowest BCUT2D eigenvalue weighted by Crippen LogP contribution is -2.34. The molecule has 21 heavy (non-hydrogen) atoms. The molecule has 0 amide bonds. The number of hydrogen-bond acceptors (Lipinski definition) is 7. The monoisotopic (exact) mass is 307 g/mol. The zero-order chi connectivity index (χ0) is 15.8. The van der Waals surface area contributed by atoms with E-state index >= 15 is 0 Å². The molecule has 126 valence electrons. The maximum Gasteiger partial charge on any atom is 0.140 e. The summed E-state index contributed by atoms with van der Waals surface area (Å²) < 4.78 is 20.7. The Bertz CT molecular complexity index is 254. The number of nitrogens with two attached hydrogens (primary N) is 1. The minimum atomic E-state index is 0.227. The van der Waals surface area contributed by atoms with Gasteiger partial charge < -0.3 is 29.9 Å². The molecule has 0 saturated heterocycles. The molecule has 3 N–H and O–H groups in total. The highest BCUT2D eigenvalue weighted by molar-refractivity contribution is 5.79. The van der Waals surface area contributed by atoms with Crippen LogP contribution in [0.25, 0.3) is 0 Å². The van der Waals surface area contributed by atoms with Crippen molar-refractivity contribution in [3.8, 4) is 0 Å². The maximum absolute atomic E-state index is 8.53. The third kappa shape index (κ3) is 13.8. The molecule has 0 saturated carbocycles. The van der Waals surface area contributed by atoms with Gasteiger partial charge in [-0.2, -0.15) is 0 Å². The summed E-state index contributed by atoms with van der Waals surface area (Å²) in [5.74, 6) is 0.227. The summed E-state index contributed by atoms with van der Waals surface area (Å²) in [7, 11) is 3.30. The van der Waals surface area contributed by atoms with Crippen molar-refractivity contribution in [1.29, 1.82) is 0 Å². The second kappa shape index (κ2) is 15.5. The lowest BCUT2D eigenvalue weighted by molar-refractivity contribution is 0.0182. The molecular formula is C13H29N3O5. The lowest BCUT2D eigenvalue weighted by Gasteiger charge is -2.21. The van der Waals surface area contributed by atoms with Crippen LogP contribution in [0.15, 0.2) is 5.16 Å². The molecule has 0 unspecified atom stereocenters. The van der Waals surface area contributed by atoms with E-state index in [1.54, 1.807) is 14.2 Å². The van der Waals surface area contributed by atoms with Gasteiger partial charge in [0.15, 0.2) is 0 Å². The lowest BCUT2D eigenvalue weighted by atomic mass is 10.3. The summed E-state index contributed by atoms with van der Waals surface area (Å²) >= 11 is 0. The molecule has 0 aliphatic rings. The first kappa shape index (κ1) is 20.1. The van der Waals surface area contributed by atoms with Crippen LogP contribution in [0, 0.1) is 0 Å². The Balaban J connectivity index is 3.65. The smallest absolute Gasteiger partial charge is 0.140 e. The molecule has 0 heterocycles. The van der Waals surface area contributed by atoms with Gasteiger partial charge in [-0.1, -0.05) is 5.16 Å². The summed E-state index contributed by atoms with van der Waals surface area (Å²) in [6.07, 6.45) is 0.514. The molecule has 0 atom stereocenters. The minimum Gasteiger partial charge on any atom is -0.409 e. The van der Waals surface area contributed by atoms with Crippen molar-refractivity contribution in [2.45, 2.75) is 6.42 Å². The molecule has 0 aliphatic heterocycles. The highest BCUT2D eigenvalue weighted by Crippen LogP contribution is 1.93. The number of rotatable bonds is 15. The molecule has 0 fully saturated rings. The van der Waals surface area contributed by atoms with Crippen LogP contribution in [0.5, 0.6) is 0 Å². The van der Waals surface area contributed by atoms with Gasteiger partial charge >= 0.3 is 0 Å². The number of nitrogens with zero attached hydrogens (tertiary/aromatic N) is 2. The van der Waals surface area contributed by atoms with E-state index in [9.17, 15) is 0 Å². The van der Waals surface area contributed by atoms with Crippen molar-refractivity contribution < 1.29 is 24.2 Å². The average molecular weight is 307 g/mol. The Hall–Kier alpha value is -0.930. The first-order valence-corrected chi connectivity index (χ1v) is 7.06. The van der Waals surface area contributed by atoms with Crippen molar-refractivity contribution >= 4 is 5.84 Å². The summed E-state index contributed by atoms with van der Waals surface area (Å²) in [5, 5.41) is 11.5. The molecule has 0 aromatic heterocycles. The summed E-state index contributed by atoms with van der Waals surface area (Å²) in [4.78, 5) is 2.15. The summed E-state index contributed by atoms with van der Waals surface area (Å²) in [6.45, 7) is 5.78. The van der Waals surface area contributed by atoms with Gasteiger partial charge in [-0.25, -0.2) is 0 Å². The van der Waals surface area contributed by atoms with Crippen LogP contribution < -0.4 is 5.73 Å². The molecule has 0 aromatic rings. The summed E-state index contributed by atoms with van der Waals surface area (Å²) in [5.41, 5.74) is 5.47. The van der Waals surface area contributed by atoms with Gasteiger partial charge in [0.05, 0.1) is 39.6 Å². The molecule has 8 heteroatoms. The zero-order valence-corrected chi connectivity index (χ0v) is 13.1. The molecular weight excluding hydrogens is 278 g/mol. The molecule has 0 aromatic carbocycles. The minimum absolute atomic E-state index is 0.227. The molecule has 0 spiro atoms. The Kier molecular flexibility index (Phi) is 14.8. The molecule has 0 bridgehead atoms. The van der Waals surface area contributed by atoms with Gasteiger partial charge in [0.2, 0.25) is 0 Å². The van der Waals surface area contributed by atoms with Gasteiger partial charge in [-0.3, -0.25) is 4.90 Å². The first-order chi connectivity index (χ1) is 10.2. The predicted molar refractivity (Wildman–Crippen MR) is 79.9 cm³/mol. The van der Waals surface area contributed by atoms with Crippen LogP contribution in [0.4, 0.5) is 0 Å². The fourth-order valence-corrected chi connectivity index (χ4v) is 1.54. The van der Waals surface area contributed by atoms with Crippen LogP contribution >= 0.6 is 0 Å². The fraction of sp³-hybridized carbons (Fsp3) is 0.923. The van der Waals surface area contributed by atoms with Crippen molar-refractivity contribution in [1.82, 2.24) is 4.90 Å². The van der Waals surface area contributed by atoms with Crippen molar-refractivity contribution in [3.63, 3.8) is 0 Å². The van der Waals surface area contributed by atoms with E-state index in [0.29, 0.717) is 52.6 Å². The van der Waals surface area contributed by atoms with E-state index in [1.807, 2.05) is 0 Å². The largest absolute Gasteiger partial charge is 0.409 e. The van der Waals surface area contributed by atoms with Crippen LogP contribution in [0.3, 0.4) is 0 Å². The SMILES string of the molecule is COCCOCCOCCN(CCOC)CCC(N)=NO. The van der Waals surface area contributed by atoms with Gasteiger partial charge in [0.25, 0.3) is 0 Å². The Morgan fingerprint density at radius 3 is 2.10 bits per heavy atom. The molecule has 0 radical (unpaired) electrons. The third-order valence-corrected chi connectivity index (χ3v) is 2.78. The van der Waals surface area contributed by atoms with Crippen LogP contribution in [-0.2, 0) is 18.9 Å². The number of amidine groups is 1. The highest BCUT2D eigenvalue weighted by atomic mass is 16.5. The number of ether oxygens (including phenoxy) is 4. The predicted octanol–water partition coefficient (Wildman–Crippen LogP) is -0.249. The van der Waals surface area contributed by atoms with Crippen LogP contribution in [0.2, 0.25) is 0 Å². The van der Waals surface area contributed by atoms with Crippen molar-refractivity contribution in [2.24, 2.45) is 10.9 Å². The highest BCUT2D eigenvalue weighted by Gasteiger charge is 2.06. The summed E-state index contributed by atoms with van der Waals surface area (Å²) in [6, 6.07) is 0. The van der Waals surface area contributed by atoms with E-state index in [4.69, 9.17) is 29.9 Å². The van der Waals surface area contributed by atoms with Gasteiger partial charge in [0.1, 0.15) is 5.84 Å². The second-order valence-corrected chi connectivity index (χ2v) is 4.39. The Morgan fingerprint density at radius 2 is 1.48 bits per heavy atom. The quantitative estimate of drug-likeness (QED) is 0.141. The molecule has 8 nitrogen and oxygen atoms in total. The van der Waals surface area contributed by atoms with E-state index < -0.39 is 0 Å². The molecule has 0 rings (SSSR count). The van der Waals surface area contributed by atoms with E-state index in [2.05, 4.69) is 10.1 Å². The average Bonchev–Trinajstić information content (AvgIpc) is 2.51. The zero-order valence-electron chi connectivity index (χ0n) is 13.1. The maximum atomic E-state index is 8.53. The van der Waals surface area contributed by atoms with E-state index in [0.717, 1.165) is 13.1 Å². The van der Waals surface area contributed by atoms with E-state index in [-0.39, 0.29) is 5.84 Å². The first-order valence-electron chi connectivity index (χ1n) is 7.06. The van der Waals surface area contributed by atoms with Crippen molar-refractivity contribution in [3.05, 3.63) is 0 Å². The van der Waals surface area contributed by atoms with Crippen LogP contribution in [-0.4, -0.2) is 89.4 Å². The number of oxime groups is 1. The normalized spacial score (nSPS) is 12.2. The van der Waals surface area contributed by atoms with Crippen LogP contribution in [0.1, 0.15) is 6.42 Å². The van der Waals surface area contributed by atoms with Gasteiger partial charge in [-0.15, -0.1) is 0 Å². The number of hydrogen-bond donors (Lipinski definition) is 2. The number of methoxy groups -OCH3 is 2. The van der Waals surface area contributed by atoms with Crippen molar-refractivity contribution in [2.75, 3.05) is 73.5 Å². The van der Waals surface area contributed by atoms with Gasteiger partial charge in [0, 0.05) is 40.3 Å². The standard InChI is InChI=1S/C13H29N3O5/c1-18-7-5-16(4-3-13(14)15-17)6-8-20-11-12-21-10-9-19-2/h17H,3-12H2,1-2H3,(H2,14,15). The van der Waals surface area contributed by atoms with E-state index in [1.165, 1.54) is 0 Å². The molecule has 0 aliphatic carbocycles. The van der Waals surface area contributed by atoms with Gasteiger partial charge in [-0.05, 0) is 0 Å².